The summed E-state index contributed by atoms with van der Waals surface area (Å²) >= 11 is 0. The molecule has 0 bridgehead atoms. The lowest BCUT2D eigenvalue weighted by molar-refractivity contribution is 0.0593. The third-order valence-electron chi connectivity index (χ3n) is 3.14. The van der Waals surface area contributed by atoms with E-state index in [1.165, 1.54) is 13.3 Å². The van der Waals surface area contributed by atoms with E-state index in [4.69, 9.17) is 0 Å². The monoisotopic (exact) mass is 250 g/mol. The molecule has 18 heavy (non-hydrogen) atoms. The maximum absolute atomic E-state index is 11.4. The topological polar surface area (TPSA) is 58.6 Å². The first kappa shape index (κ1) is 12.8. The number of esters is 1. The maximum Gasteiger partial charge on any atom is 0.358 e. The van der Waals surface area contributed by atoms with Crippen LogP contribution in [0.3, 0.4) is 0 Å². The number of likely N-dealkylation sites (N-methyl/N-ethyl adjacent to an activating group) is 1. The molecule has 0 radical (unpaired) electrons. The van der Waals surface area contributed by atoms with E-state index >= 15 is 0 Å². The molecule has 1 atom stereocenters. The largest absolute Gasteiger partial charge is 0.464 e. The predicted octanol–water partition coefficient (Wildman–Crippen LogP) is 0.403. The number of ether oxygens (including phenoxy) is 1. The number of hydrogen-bond donors (Lipinski definition) is 0. The molecule has 0 saturated carbocycles. The number of hydrogen-bond acceptors (Lipinski definition) is 6. The first-order valence-electron chi connectivity index (χ1n) is 5.97. The summed E-state index contributed by atoms with van der Waals surface area (Å²) in [5.74, 6) is 0.282. The van der Waals surface area contributed by atoms with E-state index in [9.17, 15) is 4.79 Å². The summed E-state index contributed by atoms with van der Waals surface area (Å²) in [6.07, 6.45) is 3.12. The number of nitrogens with zero attached hydrogens (tertiary/aromatic N) is 4. The minimum absolute atomic E-state index is 0.251. The van der Waals surface area contributed by atoms with E-state index in [1.54, 1.807) is 6.20 Å². The van der Waals surface area contributed by atoms with E-state index in [-0.39, 0.29) is 5.69 Å². The molecule has 6 heteroatoms. The number of rotatable bonds is 2. The van der Waals surface area contributed by atoms with Crippen LogP contribution in [-0.2, 0) is 4.74 Å². The zero-order chi connectivity index (χ0) is 13.1. The van der Waals surface area contributed by atoms with Gasteiger partial charge in [-0.1, -0.05) is 0 Å². The van der Waals surface area contributed by atoms with Crippen LogP contribution in [0.15, 0.2) is 12.4 Å². The smallest absolute Gasteiger partial charge is 0.358 e. The number of aromatic nitrogens is 2. The summed E-state index contributed by atoms with van der Waals surface area (Å²) in [6.45, 7) is 4.98. The Morgan fingerprint density at radius 1 is 1.44 bits per heavy atom. The van der Waals surface area contributed by atoms with Crippen LogP contribution in [0.2, 0.25) is 0 Å². The van der Waals surface area contributed by atoms with Gasteiger partial charge < -0.3 is 14.5 Å². The molecule has 1 aliphatic rings. The quantitative estimate of drug-likeness (QED) is 0.708. The predicted molar refractivity (Wildman–Crippen MR) is 67.7 cm³/mol. The zero-order valence-electron chi connectivity index (χ0n) is 11.0. The number of piperazine rings is 1. The van der Waals surface area contributed by atoms with Gasteiger partial charge in [-0.15, -0.1) is 0 Å². The number of methoxy groups -OCH3 is 1. The SMILES string of the molecule is COC(=O)c1cncc(N2CCN(C)CC2C)n1. The fourth-order valence-electron chi connectivity index (χ4n) is 2.18. The van der Waals surface area contributed by atoms with Crippen molar-refractivity contribution in [3.63, 3.8) is 0 Å². The van der Waals surface area contributed by atoms with Crippen molar-refractivity contribution >= 4 is 11.8 Å². The molecule has 6 nitrogen and oxygen atoms in total. The van der Waals surface area contributed by atoms with Crippen LogP contribution in [0, 0.1) is 0 Å². The molecule has 1 unspecified atom stereocenters. The molecule has 1 aromatic heterocycles. The average Bonchev–Trinajstić information content (AvgIpc) is 2.38. The number of carbonyl (C=O) groups excluding carboxylic acids is 1. The lowest BCUT2D eigenvalue weighted by atomic mass is 10.2. The van der Waals surface area contributed by atoms with E-state index in [0.29, 0.717) is 6.04 Å². The molecule has 0 amide bonds. The van der Waals surface area contributed by atoms with Crippen molar-refractivity contribution in [2.24, 2.45) is 0 Å². The van der Waals surface area contributed by atoms with Crippen LogP contribution in [0.1, 0.15) is 17.4 Å². The van der Waals surface area contributed by atoms with Crippen LogP contribution in [0.25, 0.3) is 0 Å². The van der Waals surface area contributed by atoms with Crippen molar-refractivity contribution in [1.82, 2.24) is 14.9 Å². The molecule has 0 aromatic carbocycles. The van der Waals surface area contributed by atoms with Crippen molar-refractivity contribution in [2.75, 3.05) is 38.7 Å². The Morgan fingerprint density at radius 2 is 2.22 bits per heavy atom. The van der Waals surface area contributed by atoms with Gasteiger partial charge in [0.15, 0.2) is 5.69 Å². The molecule has 98 valence electrons. The number of carbonyl (C=O) groups is 1. The molecule has 1 aromatic rings. The lowest BCUT2D eigenvalue weighted by Crippen LogP contribution is -2.50. The standard InChI is InChI=1S/C12H18N4O2/c1-9-8-15(2)4-5-16(9)11-7-13-6-10(14-11)12(17)18-3/h6-7,9H,4-5,8H2,1-3H3. The molecular formula is C12H18N4O2. The molecule has 2 heterocycles. The highest BCUT2D eigenvalue weighted by Crippen LogP contribution is 2.17. The Kier molecular flexibility index (Phi) is 3.76. The Balaban J connectivity index is 2.20. The van der Waals surface area contributed by atoms with Gasteiger partial charge in [0, 0.05) is 25.7 Å². The highest BCUT2D eigenvalue weighted by atomic mass is 16.5. The second kappa shape index (κ2) is 5.30. The van der Waals surface area contributed by atoms with Crippen LogP contribution >= 0.6 is 0 Å². The molecule has 1 fully saturated rings. The van der Waals surface area contributed by atoms with Crippen LogP contribution < -0.4 is 4.90 Å². The molecule has 1 aliphatic heterocycles. The van der Waals surface area contributed by atoms with Gasteiger partial charge in [-0.05, 0) is 14.0 Å². The third kappa shape index (κ3) is 2.59. The molecule has 2 rings (SSSR count). The Bertz CT molecular complexity index is 438. The highest BCUT2D eigenvalue weighted by Gasteiger charge is 2.23. The maximum atomic E-state index is 11.4. The van der Waals surface area contributed by atoms with Gasteiger partial charge in [-0.3, -0.25) is 4.98 Å². The normalized spacial score (nSPS) is 20.8. The second-order valence-electron chi connectivity index (χ2n) is 4.56. The summed E-state index contributed by atoms with van der Waals surface area (Å²) in [4.78, 5) is 24.2. The van der Waals surface area contributed by atoms with Gasteiger partial charge >= 0.3 is 5.97 Å². The molecule has 1 saturated heterocycles. The summed E-state index contributed by atoms with van der Waals surface area (Å²) in [7, 11) is 3.44. The first-order chi connectivity index (χ1) is 8.61. The molecule has 0 spiro atoms. The van der Waals surface area contributed by atoms with Crippen molar-refractivity contribution in [3.8, 4) is 0 Å². The summed E-state index contributed by atoms with van der Waals surface area (Å²) in [6, 6.07) is 0.353. The van der Waals surface area contributed by atoms with E-state index < -0.39 is 5.97 Å². The molecule has 0 N–H and O–H groups in total. The van der Waals surface area contributed by atoms with Gasteiger partial charge in [0.2, 0.25) is 0 Å². The molecular weight excluding hydrogens is 232 g/mol. The van der Waals surface area contributed by atoms with Gasteiger partial charge in [0.1, 0.15) is 5.82 Å². The fraction of sp³-hybridized carbons (Fsp3) is 0.583. The van der Waals surface area contributed by atoms with Crippen molar-refractivity contribution in [1.29, 1.82) is 0 Å². The second-order valence-corrected chi connectivity index (χ2v) is 4.56. The Morgan fingerprint density at radius 3 is 2.89 bits per heavy atom. The molecule has 0 aliphatic carbocycles. The Labute approximate surface area is 107 Å². The van der Waals surface area contributed by atoms with E-state index in [1.807, 2.05) is 0 Å². The van der Waals surface area contributed by atoms with Crippen molar-refractivity contribution < 1.29 is 9.53 Å². The van der Waals surface area contributed by atoms with Gasteiger partial charge in [0.05, 0.1) is 19.5 Å². The zero-order valence-corrected chi connectivity index (χ0v) is 11.0. The van der Waals surface area contributed by atoms with Crippen LogP contribution in [-0.4, -0.2) is 60.7 Å². The van der Waals surface area contributed by atoms with Gasteiger partial charge in [0.25, 0.3) is 0 Å². The van der Waals surface area contributed by atoms with E-state index in [0.717, 1.165) is 25.5 Å². The van der Waals surface area contributed by atoms with Crippen LogP contribution in [0.5, 0.6) is 0 Å². The van der Waals surface area contributed by atoms with Crippen molar-refractivity contribution in [3.05, 3.63) is 18.1 Å². The van der Waals surface area contributed by atoms with Gasteiger partial charge in [-0.25, -0.2) is 9.78 Å². The van der Waals surface area contributed by atoms with Gasteiger partial charge in [-0.2, -0.15) is 0 Å². The Hall–Kier alpha value is -1.69. The van der Waals surface area contributed by atoms with Crippen LogP contribution in [0.4, 0.5) is 5.82 Å². The fourth-order valence-corrected chi connectivity index (χ4v) is 2.18. The third-order valence-corrected chi connectivity index (χ3v) is 3.14. The van der Waals surface area contributed by atoms with E-state index in [2.05, 4.69) is 38.5 Å². The highest BCUT2D eigenvalue weighted by molar-refractivity contribution is 5.87. The minimum atomic E-state index is -0.453. The summed E-state index contributed by atoms with van der Waals surface area (Å²) in [5, 5.41) is 0. The minimum Gasteiger partial charge on any atom is -0.464 e. The summed E-state index contributed by atoms with van der Waals surface area (Å²) in [5.41, 5.74) is 0.251. The number of anilines is 1. The summed E-state index contributed by atoms with van der Waals surface area (Å²) < 4.78 is 4.65. The van der Waals surface area contributed by atoms with Crippen molar-refractivity contribution in [2.45, 2.75) is 13.0 Å². The lowest BCUT2D eigenvalue weighted by Gasteiger charge is -2.38. The first-order valence-corrected chi connectivity index (χ1v) is 5.97. The average molecular weight is 250 g/mol.